The first-order valence-electron chi connectivity index (χ1n) is 9.56. The smallest absolute Gasteiger partial charge is 0.410 e. The number of cyclic esters (lactones) is 1. The van der Waals surface area contributed by atoms with Crippen LogP contribution in [0.1, 0.15) is 58.4 Å². The van der Waals surface area contributed by atoms with Gasteiger partial charge in [-0.2, -0.15) is 0 Å². The van der Waals surface area contributed by atoms with Crippen LogP contribution in [0.5, 0.6) is 0 Å². The lowest BCUT2D eigenvalue weighted by atomic mass is 9.88. The van der Waals surface area contributed by atoms with Gasteiger partial charge in [0, 0.05) is 18.7 Å². The fourth-order valence-corrected chi connectivity index (χ4v) is 4.52. The predicted molar refractivity (Wildman–Crippen MR) is 96.4 cm³/mol. The summed E-state index contributed by atoms with van der Waals surface area (Å²) in [5.41, 5.74) is 1.85. The van der Waals surface area contributed by atoms with Gasteiger partial charge in [0.15, 0.2) is 0 Å². The van der Waals surface area contributed by atoms with Crippen LogP contribution in [0.2, 0.25) is 0 Å². The lowest BCUT2D eigenvalue weighted by Gasteiger charge is -2.44. The summed E-state index contributed by atoms with van der Waals surface area (Å²) in [4.78, 5) is 40.8. The zero-order valence-corrected chi connectivity index (χ0v) is 15.5. The Hall–Kier alpha value is -2.57. The van der Waals surface area contributed by atoms with Gasteiger partial charge in [-0.05, 0) is 37.0 Å². The minimum atomic E-state index is -0.448. The minimum Gasteiger partial charge on any atom is -0.465 e. The molecule has 2 fully saturated rings. The van der Waals surface area contributed by atoms with E-state index in [4.69, 9.17) is 9.47 Å². The van der Waals surface area contributed by atoms with Crippen molar-refractivity contribution >= 4 is 18.0 Å². The Balaban J connectivity index is 1.59. The molecule has 3 aliphatic rings. The van der Waals surface area contributed by atoms with E-state index in [1.807, 2.05) is 15.9 Å². The summed E-state index contributed by atoms with van der Waals surface area (Å²) in [6.45, 7) is 1.66. The Morgan fingerprint density at radius 2 is 1.85 bits per heavy atom. The van der Waals surface area contributed by atoms with Crippen LogP contribution in [0.3, 0.4) is 0 Å². The van der Waals surface area contributed by atoms with Crippen molar-refractivity contribution in [2.24, 2.45) is 0 Å². The summed E-state index contributed by atoms with van der Waals surface area (Å²) in [5.74, 6) is -0.520. The molecular weight excluding hydrogens is 348 g/mol. The summed E-state index contributed by atoms with van der Waals surface area (Å²) >= 11 is 0. The highest BCUT2D eigenvalue weighted by Gasteiger charge is 2.42. The lowest BCUT2D eigenvalue weighted by Crippen LogP contribution is -2.56. The maximum absolute atomic E-state index is 13.1. The monoisotopic (exact) mass is 372 g/mol. The van der Waals surface area contributed by atoms with E-state index >= 15 is 0 Å². The topological polar surface area (TPSA) is 76.2 Å². The molecule has 0 spiro atoms. The van der Waals surface area contributed by atoms with E-state index in [0.29, 0.717) is 30.8 Å². The van der Waals surface area contributed by atoms with Crippen LogP contribution in [0.15, 0.2) is 18.2 Å². The van der Waals surface area contributed by atoms with Crippen molar-refractivity contribution in [2.75, 3.05) is 20.3 Å². The van der Waals surface area contributed by atoms with Gasteiger partial charge in [-0.1, -0.05) is 18.9 Å². The van der Waals surface area contributed by atoms with Gasteiger partial charge >= 0.3 is 12.1 Å². The van der Waals surface area contributed by atoms with Crippen molar-refractivity contribution in [3.8, 4) is 0 Å². The molecule has 0 unspecified atom stereocenters. The van der Waals surface area contributed by atoms with Crippen molar-refractivity contribution < 1.29 is 23.9 Å². The molecule has 2 aliphatic heterocycles. The quantitative estimate of drug-likeness (QED) is 0.763. The summed E-state index contributed by atoms with van der Waals surface area (Å²) < 4.78 is 9.99. The average molecular weight is 372 g/mol. The third-order valence-corrected chi connectivity index (χ3v) is 5.86. The van der Waals surface area contributed by atoms with Gasteiger partial charge < -0.3 is 19.3 Å². The van der Waals surface area contributed by atoms with Crippen LogP contribution in [0.25, 0.3) is 0 Å². The highest BCUT2D eigenvalue weighted by Crippen LogP contribution is 2.34. The molecule has 0 aromatic heterocycles. The first-order valence-corrected chi connectivity index (χ1v) is 9.56. The SMILES string of the molecule is COC(=O)c1ccc2c(c1)C(=O)N([C@@H]1CCCC[C@H]1N1CCCOC1=O)C2. The van der Waals surface area contributed by atoms with Crippen molar-refractivity contribution in [1.29, 1.82) is 0 Å². The molecule has 1 aromatic carbocycles. The molecular formula is C20H24N2O5. The molecule has 0 radical (unpaired) electrons. The van der Waals surface area contributed by atoms with Crippen molar-refractivity contribution in [3.05, 3.63) is 34.9 Å². The van der Waals surface area contributed by atoms with Gasteiger partial charge in [0.25, 0.3) is 5.91 Å². The number of amides is 2. The molecule has 1 aliphatic carbocycles. The third kappa shape index (κ3) is 3.15. The Morgan fingerprint density at radius 3 is 2.56 bits per heavy atom. The molecule has 27 heavy (non-hydrogen) atoms. The predicted octanol–water partition coefficient (Wildman–Crippen LogP) is 2.58. The zero-order chi connectivity index (χ0) is 19.0. The van der Waals surface area contributed by atoms with E-state index in [1.165, 1.54) is 7.11 Å². The molecule has 4 rings (SSSR count). The minimum absolute atomic E-state index is 0.00936. The van der Waals surface area contributed by atoms with Crippen LogP contribution >= 0.6 is 0 Å². The largest absolute Gasteiger partial charge is 0.465 e. The van der Waals surface area contributed by atoms with Crippen LogP contribution in [0.4, 0.5) is 4.79 Å². The standard InChI is InChI=1S/C20H24N2O5/c1-26-19(24)13-7-8-14-12-22(18(23)15(14)11-13)17-6-3-2-5-16(17)21-9-4-10-27-20(21)25/h7-8,11,16-17H,2-6,9-10,12H2,1H3/t16-,17-/m1/s1. The van der Waals surface area contributed by atoms with Crippen LogP contribution in [0, 0.1) is 0 Å². The van der Waals surface area contributed by atoms with E-state index in [0.717, 1.165) is 37.7 Å². The number of fused-ring (bicyclic) bond motifs is 1. The van der Waals surface area contributed by atoms with Gasteiger partial charge in [-0.15, -0.1) is 0 Å². The molecule has 0 N–H and O–H groups in total. The van der Waals surface area contributed by atoms with Crippen LogP contribution in [-0.4, -0.2) is 60.1 Å². The van der Waals surface area contributed by atoms with E-state index in [2.05, 4.69) is 0 Å². The summed E-state index contributed by atoms with van der Waals surface area (Å²) in [7, 11) is 1.33. The number of carbonyl (C=O) groups excluding carboxylic acids is 3. The molecule has 1 aromatic rings. The van der Waals surface area contributed by atoms with Crippen LogP contribution in [-0.2, 0) is 16.0 Å². The molecule has 7 nitrogen and oxygen atoms in total. The molecule has 144 valence electrons. The van der Waals surface area contributed by atoms with E-state index in [-0.39, 0.29) is 24.1 Å². The Kier molecular flexibility index (Phi) is 4.76. The molecule has 2 atom stereocenters. The van der Waals surface area contributed by atoms with Gasteiger partial charge in [0.1, 0.15) is 0 Å². The maximum Gasteiger partial charge on any atom is 0.410 e. The molecule has 1 saturated carbocycles. The number of benzene rings is 1. The van der Waals surface area contributed by atoms with Gasteiger partial charge in [-0.3, -0.25) is 4.79 Å². The van der Waals surface area contributed by atoms with Gasteiger partial charge in [0.2, 0.25) is 0 Å². The molecule has 1 saturated heterocycles. The third-order valence-electron chi connectivity index (χ3n) is 5.86. The highest BCUT2D eigenvalue weighted by molar-refractivity contribution is 6.01. The molecule has 7 heteroatoms. The second-order valence-corrected chi connectivity index (χ2v) is 7.38. The first kappa shape index (κ1) is 17.8. The molecule has 0 bridgehead atoms. The van der Waals surface area contributed by atoms with Crippen LogP contribution < -0.4 is 0 Å². The fourth-order valence-electron chi connectivity index (χ4n) is 4.52. The van der Waals surface area contributed by atoms with Crippen molar-refractivity contribution in [2.45, 2.75) is 50.7 Å². The van der Waals surface area contributed by atoms with Gasteiger partial charge in [0.05, 0.1) is 31.4 Å². The Morgan fingerprint density at radius 1 is 1.11 bits per heavy atom. The number of nitrogens with zero attached hydrogens (tertiary/aromatic N) is 2. The molecule has 2 amide bonds. The number of carbonyl (C=O) groups is 3. The number of rotatable bonds is 3. The fraction of sp³-hybridized carbons (Fsp3) is 0.550. The van der Waals surface area contributed by atoms with Gasteiger partial charge in [-0.25, -0.2) is 9.59 Å². The van der Waals surface area contributed by atoms with E-state index < -0.39 is 5.97 Å². The number of hydrogen-bond acceptors (Lipinski definition) is 5. The lowest BCUT2D eigenvalue weighted by molar-refractivity contribution is 0.0123. The summed E-state index contributed by atoms with van der Waals surface area (Å²) in [6, 6.07) is 5.11. The summed E-state index contributed by atoms with van der Waals surface area (Å²) in [5, 5.41) is 0. The second kappa shape index (κ2) is 7.21. The Labute approximate surface area is 158 Å². The number of methoxy groups -OCH3 is 1. The normalized spacial score (nSPS) is 25.2. The van der Waals surface area contributed by atoms with E-state index in [1.54, 1.807) is 12.1 Å². The zero-order valence-electron chi connectivity index (χ0n) is 15.5. The van der Waals surface area contributed by atoms with Crippen molar-refractivity contribution in [3.63, 3.8) is 0 Å². The number of esters is 1. The number of ether oxygens (including phenoxy) is 2. The van der Waals surface area contributed by atoms with E-state index in [9.17, 15) is 14.4 Å². The maximum atomic E-state index is 13.1. The number of hydrogen-bond donors (Lipinski definition) is 0. The Bertz CT molecular complexity index is 778. The summed E-state index contributed by atoms with van der Waals surface area (Å²) in [6.07, 6.45) is 4.40. The highest BCUT2D eigenvalue weighted by atomic mass is 16.6. The first-order chi connectivity index (χ1) is 13.1. The van der Waals surface area contributed by atoms with Crippen molar-refractivity contribution in [1.82, 2.24) is 9.80 Å². The molecule has 2 heterocycles. The second-order valence-electron chi connectivity index (χ2n) is 7.38. The average Bonchev–Trinajstić information content (AvgIpc) is 3.03.